The molecule has 18 heavy (non-hydrogen) atoms. The van der Waals surface area contributed by atoms with E-state index in [9.17, 15) is 0 Å². The number of hydrogen-bond donors (Lipinski definition) is 0. The number of thiazole rings is 1. The summed E-state index contributed by atoms with van der Waals surface area (Å²) in [7, 11) is 1.90. The van der Waals surface area contributed by atoms with Crippen molar-refractivity contribution in [1.29, 1.82) is 5.26 Å². The zero-order valence-electron chi connectivity index (χ0n) is 9.58. The summed E-state index contributed by atoms with van der Waals surface area (Å²) in [6, 6.07) is 7.78. The molecule has 0 saturated carbocycles. The highest BCUT2D eigenvalue weighted by molar-refractivity contribution is 7.16. The molecule has 1 aromatic carbocycles. The average Bonchev–Trinajstić information content (AvgIpc) is 3.05. The lowest BCUT2D eigenvalue weighted by molar-refractivity contribution is 0.174. The number of fused-ring (bicyclic) bond motifs is 1. The highest BCUT2D eigenvalue weighted by Crippen LogP contribution is 2.37. The highest BCUT2D eigenvalue weighted by Gasteiger charge is 2.16. The Hall–Kier alpha value is -2.26. The van der Waals surface area contributed by atoms with Crippen molar-refractivity contribution in [1.82, 2.24) is 4.98 Å². The number of ether oxygens (including phenoxy) is 2. The number of hydrogen-bond acceptors (Lipinski definition) is 6. The van der Waals surface area contributed by atoms with Gasteiger partial charge in [0, 0.05) is 18.8 Å². The van der Waals surface area contributed by atoms with Crippen LogP contribution in [0.1, 0.15) is 4.88 Å². The second-order valence-corrected chi connectivity index (χ2v) is 4.72. The summed E-state index contributed by atoms with van der Waals surface area (Å²) in [4.78, 5) is 6.71. The number of aromatic nitrogens is 1. The lowest BCUT2D eigenvalue weighted by Gasteiger charge is -2.15. The lowest BCUT2D eigenvalue weighted by Crippen LogP contribution is -2.08. The quantitative estimate of drug-likeness (QED) is 0.829. The Morgan fingerprint density at radius 2 is 2.22 bits per heavy atom. The number of nitrogens with zero attached hydrogens (tertiary/aromatic N) is 3. The van der Waals surface area contributed by atoms with E-state index in [0.29, 0.717) is 4.88 Å². The lowest BCUT2D eigenvalue weighted by atomic mass is 10.2. The van der Waals surface area contributed by atoms with Gasteiger partial charge >= 0.3 is 0 Å². The minimum Gasteiger partial charge on any atom is -0.454 e. The Balaban J connectivity index is 1.92. The molecule has 0 fully saturated rings. The van der Waals surface area contributed by atoms with Crippen molar-refractivity contribution in [3.8, 4) is 17.6 Å². The van der Waals surface area contributed by atoms with E-state index in [-0.39, 0.29) is 6.79 Å². The summed E-state index contributed by atoms with van der Waals surface area (Å²) in [6.45, 7) is 0.262. The summed E-state index contributed by atoms with van der Waals surface area (Å²) in [5.41, 5.74) is 0.943. The fraction of sp³-hybridized carbons (Fsp3) is 0.167. The van der Waals surface area contributed by atoms with E-state index in [1.807, 2.05) is 30.1 Å². The summed E-state index contributed by atoms with van der Waals surface area (Å²) < 4.78 is 10.6. The zero-order chi connectivity index (χ0) is 12.5. The molecule has 90 valence electrons. The van der Waals surface area contributed by atoms with Crippen LogP contribution in [-0.2, 0) is 0 Å². The first kappa shape index (κ1) is 10.9. The summed E-state index contributed by atoms with van der Waals surface area (Å²) >= 11 is 1.35. The van der Waals surface area contributed by atoms with Gasteiger partial charge in [-0.3, -0.25) is 0 Å². The van der Waals surface area contributed by atoms with Crippen LogP contribution < -0.4 is 14.4 Å². The molecule has 1 aromatic heterocycles. The SMILES string of the molecule is CN(c1ccc2c(c1)OCO2)c1ncc(C#N)s1. The number of nitriles is 1. The fourth-order valence-electron chi connectivity index (χ4n) is 1.68. The molecular formula is C12H9N3O2S. The Morgan fingerprint density at radius 3 is 3.00 bits per heavy atom. The Kier molecular flexibility index (Phi) is 2.54. The molecule has 2 aromatic rings. The van der Waals surface area contributed by atoms with Gasteiger partial charge in [0.2, 0.25) is 6.79 Å². The molecule has 0 radical (unpaired) electrons. The van der Waals surface area contributed by atoms with Gasteiger partial charge in [0.15, 0.2) is 16.6 Å². The fourth-order valence-corrected chi connectivity index (χ4v) is 2.37. The molecule has 3 rings (SSSR count). The zero-order valence-corrected chi connectivity index (χ0v) is 10.4. The van der Waals surface area contributed by atoms with Crippen molar-refractivity contribution < 1.29 is 9.47 Å². The Bertz CT molecular complexity index is 632. The first-order valence-corrected chi connectivity index (χ1v) is 6.09. The molecule has 1 aliphatic heterocycles. The van der Waals surface area contributed by atoms with Gasteiger partial charge in [-0.2, -0.15) is 5.26 Å². The molecule has 0 unspecified atom stereocenters. The third-order valence-corrected chi connectivity index (χ3v) is 3.61. The molecule has 2 heterocycles. The van der Waals surface area contributed by atoms with Crippen LogP contribution in [-0.4, -0.2) is 18.8 Å². The first-order valence-electron chi connectivity index (χ1n) is 5.27. The largest absolute Gasteiger partial charge is 0.454 e. The Labute approximate surface area is 108 Å². The van der Waals surface area contributed by atoms with E-state index in [1.165, 1.54) is 11.3 Å². The maximum atomic E-state index is 8.80. The van der Waals surface area contributed by atoms with Crippen molar-refractivity contribution in [2.45, 2.75) is 0 Å². The standard InChI is InChI=1S/C12H9N3O2S/c1-15(12-14-6-9(5-13)18-12)8-2-3-10-11(4-8)17-7-16-10/h2-4,6H,7H2,1H3. The Morgan fingerprint density at radius 1 is 1.39 bits per heavy atom. The summed E-state index contributed by atoms with van der Waals surface area (Å²) in [5, 5.41) is 9.56. The third-order valence-electron chi connectivity index (χ3n) is 2.63. The van der Waals surface area contributed by atoms with Crippen LogP contribution in [0.3, 0.4) is 0 Å². The first-order chi connectivity index (χ1) is 8.78. The molecular weight excluding hydrogens is 250 g/mol. The minimum atomic E-state index is 0.262. The van der Waals surface area contributed by atoms with Gasteiger partial charge in [0.05, 0.1) is 6.20 Å². The highest BCUT2D eigenvalue weighted by atomic mass is 32.1. The van der Waals surface area contributed by atoms with Crippen LogP contribution in [0.4, 0.5) is 10.8 Å². The van der Waals surface area contributed by atoms with Gasteiger partial charge in [0.25, 0.3) is 0 Å². The second-order valence-electron chi connectivity index (χ2n) is 3.72. The molecule has 6 heteroatoms. The minimum absolute atomic E-state index is 0.262. The maximum Gasteiger partial charge on any atom is 0.231 e. The van der Waals surface area contributed by atoms with Crippen LogP contribution in [0, 0.1) is 11.3 Å². The van der Waals surface area contributed by atoms with E-state index in [1.54, 1.807) is 6.20 Å². The van der Waals surface area contributed by atoms with E-state index in [0.717, 1.165) is 22.3 Å². The summed E-state index contributed by atoms with van der Waals surface area (Å²) in [5.74, 6) is 1.49. The number of anilines is 2. The molecule has 0 aliphatic carbocycles. The van der Waals surface area contributed by atoms with Gasteiger partial charge in [0.1, 0.15) is 10.9 Å². The van der Waals surface area contributed by atoms with Crippen LogP contribution in [0.25, 0.3) is 0 Å². The number of benzene rings is 1. The van der Waals surface area contributed by atoms with Crippen molar-refractivity contribution in [3.05, 3.63) is 29.3 Å². The molecule has 5 nitrogen and oxygen atoms in total. The van der Waals surface area contributed by atoms with Gasteiger partial charge in [-0.15, -0.1) is 0 Å². The van der Waals surface area contributed by atoms with Gasteiger partial charge in [-0.05, 0) is 12.1 Å². The molecule has 0 atom stereocenters. The van der Waals surface area contributed by atoms with Crippen LogP contribution in [0.2, 0.25) is 0 Å². The molecule has 0 spiro atoms. The molecule has 0 saturated heterocycles. The smallest absolute Gasteiger partial charge is 0.231 e. The van der Waals surface area contributed by atoms with Crippen molar-refractivity contribution in [3.63, 3.8) is 0 Å². The molecule has 1 aliphatic rings. The molecule has 0 amide bonds. The normalized spacial score (nSPS) is 12.2. The van der Waals surface area contributed by atoms with E-state index in [4.69, 9.17) is 14.7 Å². The van der Waals surface area contributed by atoms with Crippen molar-refractivity contribution >= 4 is 22.2 Å². The maximum absolute atomic E-state index is 8.80. The van der Waals surface area contributed by atoms with Crippen LogP contribution >= 0.6 is 11.3 Å². The second kappa shape index (κ2) is 4.20. The molecule has 0 bridgehead atoms. The summed E-state index contributed by atoms with van der Waals surface area (Å²) in [6.07, 6.45) is 1.57. The van der Waals surface area contributed by atoms with Gasteiger partial charge < -0.3 is 14.4 Å². The topological polar surface area (TPSA) is 58.4 Å². The van der Waals surface area contributed by atoms with Gasteiger partial charge in [-0.1, -0.05) is 11.3 Å². The van der Waals surface area contributed by atoms with Crippen LogP contribution in [0.5, 0.6) is 11.5 Å². The predicted molar refractivity (Wildman–Crippen MR) is 67.5 cm³/mol. The third kappa shape index (κ3) is 1.75. The van der Waals surface area contributed by atoms with Crippen LogP contribution in [0.15, 0.2) is 24.4 Å². The average molecular weight is 259 g/mol. The van der Waals surface area contributed by atoms with Crippen molar-refractivity contribution in [2.24, 2.45) is 0 Å². The number of rotatable bonds is 2. The molecule has 0 N–H and O–H groups in total. The predicted octanol–water partition coefficient (Wildman–Crippen LogP) is 2.51. The van der Waals surface area contributed by atoms with E-state index < -0.39 is 0 Å². The van der Waals surface area contributed by atoms with E-state index >= 15 is 0 Å². The van der Waals surface area contributed by atoms with Crippen molar-refractivity contribution in [2.75, 3.05) is 18.7 Å². The monoisotopic (exact) mass is 259 g/mol. The van der Waals surface area contributed by atoms with E-state index in [2.05, 4.69) is 11.1 Å². The van der Waals surface area contributed by atoms with Gasteiger partial charge in [-0.25, -0.2) is 4.98 Å².